The molecule has 0 aliphatic heterocycles. The Morgan fingerprint density at radius 2 is 2.08 bits per heavy atom. The fraction of sp³-hybridized carbons (Fsp3) is 1.00. The molecule has 0 aromatic carbocycles. The number of phosphoric acid groups is 1. The first-order valence-corrected chi connectivity index (χ1v) is 5.96. The van der Waals surface area contributed by atoms with Crippen LogP contribution in [0, 0.1) is 0 Å². The van der Waals surface area contributed by atoms with E-state index < -0.39 is 7.82 Å². The molecule has 0 fully saturated rings. The van der Waals surface area contributed by atoms with Gasteiger partial charge in [-0.15, -0.1) is 0 Å². The Bertz CT molecular complexity index is 180. The highest BCUT2D eigenvalue weighted by Crippen LogP contribution is 2.36. The average molecular weight is 309 g/mol. The second kappa shape index (κ2) is 4.88. The van der Waals surface area contributed by atoms with E-state index in [9.17, 15) is 4.57 Å². The number of nitrogens with one attached hydrogen (secondary N) is 1. The Morgan fingerprint density at radius 3 is 2.42 bits per heavy atom. The summed E-state index contributed by atoms with van der Waals surface area (Å²) in [6.45, 7) is 3.89. The average Bonchev–Trinajstić information content (AvgIpc) is 1.84. The number of phosphoric ester groups is 1. The van der Waals surface area contributed by atoms with Crippen molar-refractivity contribution >= 4 is 30.7 Å². The van der Waals surface area contributed by atoms with Crippen molar-refractivity contribution in [1.82, 2.24) is 3.53 Å². The van der Waals surface area contributed by atoms with Crippen molar-refractivity contribution < 1.29 is 18.9 Å². The van der Waals surface area contributed by atoms with Gasteiger partial charge in [-0.25, -0.2) is 4.57 Å². The van der Waals surface area contributed by atoms with E-state index in [0.717, 1.165) is 0 Å². The van der Waals surface area contributed by atoms with Gasteiger partial charge in [0.25, 0.3) is 0 Å². The van der Waals surface area contributed by atoms with Gasteiger partial charge >= 0.3 is 7.82 Å². The Hall–Kier alpha value is 0.800. The van der Waals surface area contributed by atoms with E-state index in [2.05, 4.69) is 8.05 Å². The van der Waals surface area contributed by atoms with Crippen LogP contribution in [0.3, 0.4) is 0 Å². The molecule has 0 aromatic rings. The Kier molecular flexibility index (Phi) is 5.20. The molecule has 0 aliphatic rings. The third-order valence-corrected chi connectivity index (χ3v) is 3.22. The summed E-state index contributed by atoms with van der Waals surface area (Å²) >= 11 is 1.99. The summed E-state index contributed by atoms with van der Waals surface area (Å²) in [4.78, 5) is 16.7. The molecule has 0 aromatic heterocycles. The Labute approximate surface area is 85.6 Å². The maximum Gasteiger partial charge on any atom is 0.469 e. The van der Waals surface area contributed by atoms with Crippen LogP contribution < -0.4 is 3.53 Å². The van der Waals surface area contributed by atoms with E-state index in [0.29, 0.717) is 6.42 Å². The van der Waals surface area contributed by atoms with Crippen LogP contribution in [0.25, 0.3) is 0 Å². The van der Waals surface area contributed by atoms with Crippen LogP contribution in [0.1, 0.15) is 20.3 Å². The fourth-order valence-electron chi connectivity index (χ4n) is 0.467. The van der Waals surface area contributed by atoms with Gasteiger partial charge in [0.1, 0.15) is 0 Å². The van der Waals surface area contributed by atoms with Gasteiger partial charge in [0.2, 0.25) is 0 Å². The lowest BCUT2D eigenvalue weighted by Crippen LogP contribution is -2.33. The van der Waals surface area contributed by atoms with Crippen LogP contribution in [0.15, 0.2) is 0 Å². The zero-order valence-electron chi connectivity index (χ0n) is 6.95. The molecule has 7 heteroatoms. The first-order chi connectivity index (χ1) is 5.27. The van der Waals surface area contributed by atoms with Gasteiger partial charge in [-0.1, -0.05) is 0 Å². The van der Waals surface area contributed by atoms with Crippen LogP contribution in [0.5, 0.6) is 0 Å². The molecular weight excluding hydrogens is 296 g/mol. The normalized spacial score (nSPS) is 13.4. The predicted molar refractivity (Wildman–Crippen MR) is 53.8 cm³/mol. The van der Waals surface area contributed by atoms with E-state index in [-0.39, 0.29) is 12.1 Å². The molecule has 0 spiro atoms. The van der Waals surface area contributed by atoms with E-state index in [1.54, 1.807) is 0 Å². The molecular formula is C5H13INO4P. The van der Waals surface area contributed by atoms with Gasteiger partial charge in [-0.05, 0) is 20.3 Å². The molecule has 0 saturated carbocycles. The topological polar surface area (TPSA) is 78.8 Å². The van der Waals surface area contributed by atoms with Crippen molar-refractivity contribution in [3.05, 3.63) is 0 Å². The van der Waals surface area contributed by atoms with Crippen molar-refractivity contribution in [1.29, 1.82) is 0 Å². The minimum atomic E-state index is -4.29. The summed E-state index contributed by atoms with van der Waals surface area (Å²) in [5.41, 5.74) is -0.171. The van der Waals surface area contributed by atoms with Gasteiger partial charge in [0, 0.05) is 28.4 Å². The van der Waals surface area contributed by atoms with E-state index in [1.165, 1.54) is 0 Å². The number of hydrogen-bond donors (Lipinski definition) is 3. The second-order valence-corrected chi connectivity index (χ2v) is 4.83. The molecule has 0 rings (SSSR count). The van der Waals surface area contributed by atoms with Crippen molar-refractivity contribution in [3.8, 4) is 0 Å². The highest BCUT2D eigenvalue weighted by molar-refractivity contribution is 14.1. The van der Waals surface area contributed by atoms with Crippen molar-refractivity contribution in [2.24, 2.45) is 0 Å². The zero-order valence-corrected chi connectivity index (χ0v) is 10.0. The predicted octanol–water partition coefficient (Wildman–Crippen LogP) is 1.20. The first-order valence-electron chi connectivity index (χ1n) is 3.35. The molecule has 0 aliphatic carbocycles. The molecule has 0 amide bonds. The largest absolute Gasteiger partial charge is 0.469 e. The summed E-state index contributed by atoms with van der Waals surface area (Å²) in [6.07, 6.45) is 0.543. The summed E-state index contributed by atoms with van der Waals surface area (Å²) in [7, 11) is -4.29. The van der Waals surface area contributed by atoms with E-state index >= 15 is 0 Å². The Morgan fingerprint density at radius 1 is 1.58 bits per heavy atom. The minimum absolute atomic E-state index is 0.0489. The SMILES string of the molecule is CC(C)(CCOP(=O)(O)O)NI. The zero-order chi connectivity index (χ0) is 9.83. The van der Waals surface area contributed by atoms with E-state index in [1.807, 2.05) is 36.7 Å². The summed E-state index contributed by atoms with van der Waals surface area (Å²) < 4.78 is 17.5. The van der Waals surface area contributed by atoms with Crippen LogP contribution in [0.2, 0.25) is 0 Å². The molecule has 5 nitrogen and oxygen atoms in total. The monoisotopic (exact) mass is 309 g/mol. The Balaban J connectivity index is 3.64. The maximum absolute atomic E-state index is 10.3. The molecule has 3 N–H and O–H groups in total. The fourth-order valence-corrected chi connectivity index (χ4v) is 1.07. The van der Waals surface area contributed by atoms with E-state index in [4.69, 9.17) is 9.79 Å². The molecule has 0 unspecified atom stereocenters. The van der Waals surface area contributed by atoms with Crippen LogP contribution >= 0.6 is 30.7 Å². The lowest BCUT2D eigenvalue weighted by Gasteiger charge is -2.22. The standard InChI is InChI=1S/C5H13INO4P/c1-5(2,7-6)3-4-11-12(8,9)10/h7H,3-4H2,1-2H3,(H2,8,9,10). The molecule has 0 atom stereocenters. The lowest BCUT2D eigenvalue weighted by atomic mass is 10.0. The summed E-state index contributed by atoms with van der Waals surface area (Å²) in [5, 5.41) is 0. The highest BCUT2D eigenvalue weighted by Gasteiger charge is 2.19. The number of hydrogen-bond acceptors (Lipinski definition) is 3. The van der Waals surface area contributed by atoms with Gasteiger partial charge < -0.3 is 9.79 Å². The first kappa shape index (κ1) is 12.8. The summed E-state index contributed by atoms with van der Waals surface area (Å²) in [5.74, 6) is 0. The molecule has 0 heterocycles. The highest BCUT2D eigenvalue weighted by atomic mass is 127. The van der Waals surface area contributed by atoms with Gasteiger partial charge in [-0.2, -0.15) is 0 Å². The smallest absolute Gasteiger partial charge is 0.303 e. The van der Waals surface area contributed by atoms with Gasteiger partial charge in [0.05, 0.1) is 6.61 Å². The molecule has 12 heavy (non-hydrogen) atoms. The lowest BCUT2D eigenvalue weighted by molar-refractivity contribution is 0.182. The third-order valence-electron chi connectivity index (χ3n) is 1.24. The molecule has 0 radical (unpaired) electrons. The molecule has 0 bridgehead atoms. The third kappa shape index (κ3) is 7.45. The van der Waals surface area contributed by atoms with Crippen molar-refractivity contribution in [3.63, 3.8) is 0 Å². The molecule has 0 saturated heterocycles. The number of halogens is 1. The quantitative estimate of drug-likeness (QED) is 0.404. The van der Waals surface area contributed by atoms with Gasteiger partial charge in [0.15, 0.2) is 0 Å². The van der Waals surface area contributed by atoms with Crippen molar-refractivity contribution in [2.75, 3.05) is 6.61 Å². The van der Waals surface area contributed by atoms with Gasteiger partial charge in [-0.3, -0.25) is 8.05 Å². The van der Waals surface area contributed by atoms with Crippen LogP contribution in [-0.2, 0) is 9.09 Å². The summed E-state index contributed by atoms with van der Waals surface area (Å²) in [6, 6.07) is 0. The van der Waals surface area contributed by atoms with Crippen molar-refractivity contribution in [2.45, 2.75) is 25.8 Å². The van der Waals surface area contributed by atoms with Crippen LogP contribution in [0.4, 0.5) is 0 Å². The molecule has 74 valence electrons. The second-order valence-electron chi connectivity index (χ2n) is 3.05. The maximum atomic E-state index is 10.3. The minimum Gasteiger partial charge on any atom is -0.303 e. The van der Waals surface area contributed by atoms with Crippen LogP contribution in [-0.4, -0.2) is 21.9 Å². The number of rotatable bonds is 5.